The maximum atomic E-state index is 13.9. The smallest absolute Gasteiger partial charge is 0.198 e. The lowest BCUT2D eigenvalue weighted by atomic mass is 9.79. The molecule has 370 valence electrons. The molecular formula is C53H68Br2N2O11. The van der Waals surface area contributed by atoms with E-state index in [4.69, 9.17) is 38.9 Å². The van der Waals surface area contributed by atoms with E-state index in [1.165, 1.54) is 0 Å². The first-order valence-corrected chi connectivity index (χ1v) is 24.5. The van der Waals surface area contributed by atoms with Crippen LogP contribution in [0.2, 0.25) is 0 Å². The first kappa shape index (κ1) is 56.4. The second-order valence-corrected chi connectivity index (χ2v) is 18.3. The fourth-order valence-corrected chi connectivity index (χ4v) is 9.33. The molecule has 0 heterocycles. The Balaban J connectivity index is 0.000000276. The molecule has 4 aromatic carbocycles. The number of methoxy groups -OCH3 is 6. The molecule has 0 fully saturated rings. The minimum absolute atomic E-state index is 0.0495. The minimum Gasteiger partial charge on any atom is -0.493 e. The predicted octanol–water partition coefficient (Wildman–Crippen LogP) is 10.8. The van der Waals surface area contributed by atoms with Crippen LogP contribution in [-0.2, 0) is 28.4 Å². The van der Waals surface area contributed by atoms with Crippen LogP contribution in [0, 0.1) is 27.7 Å². The van der Waals surface area contributed by atoms with E-state index in [9.17, 15) is 19.2 Å². The summed E-state index contributed by atoms with van der Waals surface area (Å²) in [7, 11) is 9.79. The van der Waals surface area contributed by atoms with Gasteiger partial charge in [-0.1, -0.05) is 56.1 Å². The Labute approximate surface area is 418 Å². The van der Waals surface area contributed by atoms with E-state index in [1.807, 2.05) is 70.2 Å². The zero-order valence-corrected chi connectivity index (χ0v) is 44.3. The summed E-state index contributed by atoms with van der Waals surface area (Å²) in [6.45, 7) is 9.28. The number of hydrogen-bond donors (Lipinski definition) is 2. The van der Waals surface area contributed by atoms with Gasteiger partial charge in [-0.2, -0.15) is 0 Å². The molecule has 2 aliphatic carbocycles. The fourth-order valence-electron chi connectivity index (χ4n) is 8.31. The van der Waals surface area contributed by atoms with Crippen molar-refractivity contribution in [1.82, 2.24) is 0 Å². The van der Waals surface area contributed by atoms with Crippen LogP contribution >= 0.6 is 31.9 Å². The van der Waals surface area contributed by atoms with Crippen molar-refractivity contribution in [1.29, 1.82) is 0 Å². The first-order chi connectivity index (χ1) is 32.6. The minimum atomic E-state index is -0.240. The topological polar surface area (TPSA) is 171 Å². The van der Waals surface area contributed by atoms with E-state index in [0.717, 1.165) is 86.6 Å². The van der Waals surface area contributed by atoms with Crippen LogP contribution < -0.4 is 15.8 Å². The van der Waals surface area contributed by atoms with Gasteiger partial charge in [0.2, 0.25) is 0 Å². The fraction of sp³-hybridized carbons (Fsp3) is 0.472. The third kappa shape index (κ3) is 13.8. The SMILES string of the molecule is COC(CCCCN)OC.COC(CCCCNc1ccc(C)c2c1C(=O)c1c(C)ccc(OCCCCC(OC)OC)c1C2=O)OC.Cc1ccc(Br)c2c1C(=O)c1c(Br)ccc(C)c1C2=O. The molecule has 0 saturated heterocycles. The van der Waals surface area contributed by atoms with Gasteiger partial charge >= 0.3 is 0 Å². The quantitative estimate of drug-likeness (QED) is 0.0487. The van der Waals surface area contributed by atoms with Gasteiger partial charge in [-0.25, -0.2) is 0 Å². The molecule has 0 saturated carbocycles. The van der Waals surface area contributed by atoms with Crippen molar-refractivity contribution in [3.05, 3.63) is 124 Å². The lowest BCUT2D eigenvalue weighted by Gasteiger charge is -2.25. The Hall–Kier alpha value is -4.16. The van der Waals surface area contributed by atoms with Gasteiger partial charge in [0.15, 0.2) is 42.0 Å². The third-order valence-corrected chi connectivity index (χ3v) is 13.4. The average Bonchev–Trinajstić information content (AvgIpc) is 3.33. The zero-order valence-electron chi connectivity index (χ0n) is 41.2. The number of anilines is 1. The van der Waals surface area contributed by atoms with Crippen LogP contribution in [0.4, 0.5) is 5.69 Å². The number of benzene rings is 4. The summed E-state index contributed by atoms with van der Waals surface area (Å²) in [6, 6.07) is 14.8. The Bertz CT molecular complexity index is 2160. The van der Waals surface area contributed by atoms with Gasteiger partial charge in [0, 0.05) is 97.2 Å². The number of unbranched alkanes of at least 4 members (excludes halogenated alkanes) is 3. The lowest BCUT2D eigenvalue weighted by molar-refractivity contribution is -0.107. The highest BCUT2D eigenvalue weighted by atomic mass is 79.9. The van der Waals surface area contributed by atoms with Crippen molar-refractivity contribution in [3.8, 4) is 5.75 Å². The van der Waals surface area contributed by atoms with Crippen LogP contribution in [0.3, 0.4) is 0 Å². The molecule has 15 heteroatoms. The molecule has 13 nitrogen and oxygen atoms in total. The predicted molar refractivity (Wildman–Crippen MR) is 272 cm³/mol. The van der Waals surface area contributed by atoms with Crippen molar-refractivity contribution in [3.63, 3.8) is 0 Å². The highest BCUT2D eigenvalue weighted by Gasteiger charge is 2.37. The molecule has 0 spiro atoms. The van der Waals surface area contributed by atoms with Crippen molar-refractivity contribution in [2.75, 3.05) is 67.7 Å². The highest BCUT2D eigenvalue weighted by molar-refractivity contribution is 9.10. The number of ether oxygens (including phenoxy) is 7. The molecule has 2 aliphatic rings. The van der Waals surface area contributed by atoms with Gasteiger partial charge in [-0.05, 0) is 139 Å². The molecule has 4 aromatic rings. The molecule has 3 N–H and O–H groups in total. The standard InChI is InChI=1S/C30H41NO7.C16H10Br2O2.C7H17NO2/c1-19-13-15-21(31-17-9-7-11-23(34-3)35-4)27-25(19)30(33)28-22(16-14-20(2)26(28)29(27)32)38-18-10-8-12-24(36-5)37-6;1-7-3-5-9(17)13-11(7)15(19)14-10(18)6-4-8(2)12(14)16(13)20;1-9-7(10-2)5-3-4-6-8/h13-16,23-24,31H,7-12,17-18H2,1-6H3;3-6H,1-2H3;7H,3-6,8H2,1-2H3. The number of nitrogens with two attached hydrogens (primary N) is 1. The third-order valence-electron chi connectivity index (χ3n) is 12.1. The molecule has 0 aliphatic heterocycles. The van der Waals surface area contributed by atoms with Gasteiger partial charge in [0.1, 0.15) is 5.75 Å². The number of carbonyl (C=O) groups excluding carboxylic acids is 4. The molecule has 0 bridgehead atoms. The number of ketones is 4. The number of halogens is 2. The van der Waals surface area contributed by atoms with E-state index in [2.05, 4.69) is 37.2 Å². The van der Waals surface area contributed by atoms with Crippen LogP contribution in [0.5, 0.6) is 5.75 Å². The monoisotopic (exact) mass is 1070 g/mol. The molecule has 0 unspecified atom stereocenters. The molecular weight excluding hydrogens is 1000 g/mol. The zero-order chi connectivity index (χ0) is 50.1. The maximum Gasteiger partial charge on any atom is 0.198 e. The van der Waals surface area contributed by atoms with Crippen LogP contribution in [0.15, 0.2) is 57.5 Å². The van der Waals surface area contributed by atoms with Crippen LogP contribution in [0.25, 0.3) is 0 Å². The summed E-state index contributed by atoms with van der Waals surface area (Å²) < 4.78 is 38.3. The average molecular weight is 1070 g/mol. The Kier molecular flexibility index (Phi) is 23.1. The number of rotatable bonds is 22. The summed E-state index contributed by atoms with van der Waals surface area (Å²) in [5.41, 5.74) is 12.8. The van der Waals surface area contributed by atoms with E-state index in [0.29, 0.717) is 78.0 Å². The molecule has 68 heavy (non-hydrogen) atoms. The Morgan fingerprint density at radius 3 is 1.28 bits per heavy atom. The molecule has 0 radical (unpaired) electrons. The molecule has 6 rings (SSSR count). The number of fused-ring (bicyclic) bond motifs is 4. The van der Waals surface area contributed by atoms with E-state index in [1.54, 1.807) is 48.7 Å². The highest BCUT2D eigenvalue weighted by Crippen LogP contribution is 2.40. The maximum absolute atomic E-state index is 13.9. The van der Waals surface area contributed by atoms with Crippen molar-refractivity contribution in [2.24, 2.45) is 5.73 Å². The van der Waals surface area contributed by atoms with Crippen molar-refractivity contribution >= 4 is 60.7 Å². The summed E-state index contributed by atoms with van der Waals surface area (Å²) in [5, 5.41) is 3.39. The number of aryl methyl sites for hydroxylation is 4. The van der Waals surface area contributed by atoms with Gasteiger partial charge in [0.25, 0.3) is 0 Å². The Morgan fingerprint density at radius 2 is 0.824 bits per heavy atom. The molecule has 0 atom stereocenters. The van der Waals surface area contributed by atoms with Gasteiger partial charge in [0.05, 0.1) is 17.7 Å². The van der Waals surface area contributed by atoms with Crippen LogP contribution in [-0.4, -0.2) is 104 Å². The number of nitrogens with one attached hydrogen (secondary N) is 1. The van der Waals surface area contributed by atoms with Crippen LogP contribution in [0.1, 0.15) is 144 Å². The number of carbonyl (C=O) groups is 4. The second kappa shape index (κ2) is 27.9. The van der Waals surface area contributed by atoms with Crippen molar-refractivity contribution in [2.45, 2.75) is 104 Å². The van der Waals surface area contributed by atoms with E-state index in [-0.39, 0.29) is 42.0 Å². The van der Waals surface area contributed by atoms with Gasteiger partial charge in [-0.3, -0.25) is 19.2 Å². The number of hydrogen-bond acceptors (Lipinski definition) is 13. The first-order valence-electron chi connectivity index (χ1n) is 22.9. The second-order valence-electron chi connectivity index (χ2n) is 16.6. The van der Waals surface area contributed by atoms with E-state index < -0.39 is 0 Å². The summed E-state index contributed by atoms with van der Waals surface area (Å²) in [5.74, 6) is -0.0527. The summed E-state index contributed by atoms with van der Waals surface area (Å²) in [6.07, 6.45) is 7.48. The molecule has 0 aromatic heterocycles. The lowest BCUT2D eigenvalue weighted by Crippen LogP contribution is -2.26. The Morgan fingerprint density at radius 1 is 0.456 bits per heavy atom. The summed E-state index contributed by atoms with van der Waals surface area (Å²) >= 11 is 6.79. The largest absolute Gasteiger partial charge is 0.493 e. The van der Waals surface area contributed by atoms with E-state index >= 15 is 0 Å². The normalized spacial score (nSPS) is 12.6. The summed E-state index contributed by atoms with van der Waals surface area (Å²) in [4.78, 5) is 53.3. The van der Waals surface area contributed by atoms with Gasteiger partial charge in [-0.15, -0.1) is 0 Å². The molecule has 0 amide bonds. The van der Waals surface area contributed by atoms with Gasteiger partial charge < -0.3 is 44.2 Å². The van der Waals surface area contributed by atoms with Crippen molar-refractivity contribution < 1.29 is 52.3 Å².